The number of thioether (sulfide) groups is 1. The topological polar surface area (TPSA) is 75.3 Å². The first-order valence-corrected chi connectivity index (χ1v) is 6.92. The SMILES string of the molecule is NC(CSC(=S)NCCc1ccccc1)C(=O)O. The van der Waals surface area contributed by atoms with Crippen LogP contribution in [0.15, 0.2) is 30.3 Å². The Kier molecular flexibility index (Phi) is 6.70. The fraction of sp³-hybridized carbons (Fsp3) is 0.333. The third kappa shape index (κ3) is 6.00. The van der Waals surface area contributed by atoms with E-state index in [0.29, 0.717) is 4.32 Å². The van der Waals surface area contributed by atoms with Crippen molar-refractivity contribution in [2.45, 2.75) is 12.5 Å². The Hall–Kier alpha value is -1.11. The van der Waals surface area contributed by atoms with E-state index in [-0.39, 0.29) is 5.75 Å². The molecular weight excluding hydrogens is 268 g/mol. The van der Waals surface area contributed by atoms with Gasteiger partial charge in [-0.25, -0.2) is 0 Å². The highest BCUT2D eigenvalue weighted by Gasteiger charge is 2.12. The third-order valence-corrected chi connectivity index (χ3v) is 3.67. The second kappa shape index (κ2) is 8.07. The molecule has 0 bridgehead atoms. The van der Waals surface area contributed by atoms with E-state index in [1.165, 1.54) is 17.3 Å². The molecule has 0 aromatic heterocycles. The number of benzene rings is 1. The fourth-order valence-electron chi connectivity index (χ4n) is 1.24. The average Bonchev–Trinajstić information content (AvgIpc) is 2.37. The zero-order chi connectivity index (χ0) is 13.4. The van der Waals surface area contributed by atoms with Crippen LogP contribution in [0.4, 0.5) is 0 Å². The third-order valence-electron chi connectivity index (χ3n) is 2.24. The van der Waals surface area contributed by atoms with E-state index in [2.05, 4.69) is 17.4 Å². The first-order valence-electron chi connectivity index (χ1n) is 5.52. The molecule has 6 heteroatoms. The zero-order valence-corrected chi connectivity index (χ0v) is 11.5. The predicted molar refractivity (Wildman–Crippen MR) is 78.8 cm³/mol. The highest BCUT2D eigenvalue weighted by atomic mass is 32.2. The van der Waals surface area contributed by atoms with Crippen LogP contribution in [-0.4, -0.2) is 33.7 Å². The number of aliphatic carboxylic acids is 1. The summed E-state index contributed by atoms with van der Waals surface area (Å²) in [6, 6.07) is 9.20. The summed E-state index contributed by atoms with van der Waals surface area (Å²) in [6.07, 6.45) is 0.881. The highest BCUT2D eigenvalue weighted by Crippen LogP contribution is 2.04. The van der Waals surface area contributed by atoms with Crippen molar-refractivity contribution in [3.05, 3.63) is 35.9 Å². The van der Waals surface area contributed by atoms with Crippen LogP contribution in [-0.2, 0) is 11.2 Å². The van der Waals surface area contributed by atoms with E-state index in [4.69, 9.17) is 23.1 Å². The molecule has 0 heterocycles. The molecule has 98 valence electrons. The van der Waals surface area contributed by atoms with Gasteiger partial charge in [-0.1, -0.05) is 54.3 Å². The lowest BCUT2D eigenvalue weighted by Crippen LogP contribution is -2.34. The highest BCUT2D eigenvalue weighted by molar-refractivity contribution is 8.23. The molecule has 1 aromatic carbocycles. The molecule has 0 amide bonds. The van der Waals surface area contributed by atoms with Crippen molar-refractivity contribution >= 4 is 34.3 Å². The maximum absolute atomic E-state index is 10.5. The minimum Gasteiger partial charge on any atom is -0.480 e. The lowest BCUT2D eigenvalue weighted by atomic mass is 10.2. The monoisotopic (exact) mass is 284 g/mol. The number of carbonyl (C=O) groups is 1. The van der Waals surface area contributed by atoms with Crippen LogP contribution in [0.1, 0.15) is 5.56 Å². The molecular formula is C12H16N2O2S2. The van der Waals surface area contributed by atoms with Crippen molar-refractivity contribution in [1.82, 2.24) is 5.32 Å². The lowest BCUT2D eigenvalue weighted by Gasteiger charge is -2.09. The summed E-state index contributed by atoms with van der Waals surface area (Å²) in [4.78, 5) is 10.5. The summed E-state index contributed by atoms with van der Waals surface area (Å²) in [5.41, 5.74) is 6.61. The van der Waals surface area contributed by atoms with Gasteiger partial charge in [-0.2, -0.15) is 0 Å². The maximum atomic E-state index is 10.5. The van der Waals surface area contributed by atoms with Crippen molar-refractivity contribution in [1.29, 1.82) is 0 Å². The molecule has 0 fully saturated rings. The molecule has 1 atom stereocenters. The number of hydrogen-bond acceptors (Lipinski definition) is 4. The first kappa shape index (κ1) is 14.9. The van der Waals surface area contributed by atoms with Gasteiger partial charge in [-0.05, 0) is 12.0 Å². The second-order valence-electron chi connectivity index (χ2n) is 3.71. The quantitative estimate of drug-likeness (QED) is 0.683. The predicted octanol–water partition coefficient (Wildman–Crippen LogP) is 1.25. The molecule has 1 unspecified atom stereocenters. The molecule has 0 aliphatic carbocycles. The van der Waals surface area contributed by atoms with Crippen LogP contribution in [0, 0.1) is 0 Å². The van der Waals surface area contributed by atoms with Gasteiger partial charge in [-0.3, -0.25) is 4.79 Å². The van der Waals surface area contributed by atoms with Crippen LogP contribution >= 0.6 is 24.0 Å². The minimum absolute atomic E-state index is 0.284. The molecule has 4 N–H and O–H groups in total. The Morgan fingerprint density at radius 3 is 2.72 bits per heavy atom. The standard InChI is InChI=1S/C12H16N2O2S2/c13-10(11(15)16)8-18-12(17)14-7-6-9-4-2-1-3-5-9/h1-5,10H,6-8,13H2,(H,14,17)(H,15,16). The lowest BCUT2D eigenvalue weighted by molar-refractivity contribution is -0.137. The van der Waals surface area contributed by atoms with Crippen molar-refractivity contribution in [2.75, 3.05) is 12.3 Å². The van der Waals surface area contributed by atoms with Gasteiger partial charge >= 0.3 is 5.97 Å². The van der Waals surface area contributed by atoms with E-state index >= 15 is 0 Å². The van der Waals surface area contributed by atoms with Crippen LogP contribution < -0.4 is 11.1 Å². The van der Waals surface area contributed by atoms with Gasteiger partial charge in [0.25, 0.3) is 0 Å². The van der Waals surface area contributed by atoms with Crippen LogP contribution in [0.3, 0.4) is 0 Å². The van der Waals surface area contributed by atoms with Gasteiger partial charge < -0.3 is 16.2 Å². The summed E-state index contributed by atoms with van der Waals surface area (Å²) in [6.45, 7) is 0.734. The van der Waals surface area contributed by atoms with Gasteiger partial charge in [0.15, 0.2) is 0 Å². The van der Waals surface area contributed by atoms with E-state index in [9.17, 15) is 4.79 Å². The van der Waals surface area contributed by atoms with E-state index in [1.807, 2.05) is 18.2 Å². The average molecular weight is 284 g/mol. The summed E-state index contributed by atoms with van der Waals surface area (Å²) in [7, 11) is 0. The van der Waals surface area contributed by atoms with Crippen molar-refractivity contribution in [3.8, 4) is 0 Å². The van der Waals surface area contributed by atoms with Gasteiger partial charge in [0.2, 0.25) is 0 Å². The Bertz CT molecular complexity index is 398. The summed E-state index contributed by atoms with van der Waals surface area (Å²) in [5.74, 6) is -0.721. The number of nitrogens with two attached hydrogens (primary N) is 1. The van der Waals surface area contributed by atoms with Gasteiger partial charge in [-0.15, -0.1) is 0 Å². The normalized spacial score (nSPS) is 11.8. The van der Waals surface area contributed by atoms with Crippen molar-refractivity contribution < 1.29 is 9.90 Å². The van der Waals surface area contributed by atoms with Crippen molar-refractivity contribution in [2.24, 2.45) is 5.73 Å². The Labute approximate surface area is 116 Å². The summed E-state index contributed by atoms with van der Waals surface area (Å²) >= 11 is 6.34. The van der Waals surface area contributed by atoms with Crippen molar-refractivity contribution in [3.63, 3.8) is 0 Å². The molecule has 0 aliphatic heterocycles. The molecule has 18 heavy (non-hydrogen) atoms. The molecule has 0 spiro atoms. The maximum Gasteiger partial charge on any atom is 0.321 e. The van der Waals surface area contributed by atoms with Gasteiger partial charge in [0, 0.05) is 12.3 Å². The smallest absolute Gasteiger partial charge is 0.321 e. The molecule has 1 aromatic rings. The summed E-state index contributed by atoms with van der Waals surface area (Å²) < 4.78 is 0.586. The van der Waals surface area contributed by atoms with Crippen LogP contribution in [0.25, 0.3) is 0 Å². The Balaban J connectivity index is 2.16. The number of nitrogens with one attached hydrogen (secondary N) is 1. The Morgan fingerprint density at radius 1 is 1.44 bits per heavy atom. The Morgan fingerprint density at radius 2 is 2.11 bits per heavy atom. The van der Waals surface area contributed by atoms with E-state index in [0.717, 1.165) is 13.0 Å². The molecule has 4 nitrogen and oxygen atoms in total. The molecule has 1 rings (SSSR count). The molecule has 0 aliphatic rings. The number of thiocarbonyl (C=S) groups is 1. The largest absolute Gasteiger partial charge is 0.480 e. The second-order valence-corrected chi connectivity index (χ2v) is 5.40. The van der Waals surface area contributed by atoms with Crippen LogP contribution in [0.5, 0.6) is 0 Å². The minimum atomic E-state index is -1.01. The molecule has 0 saturated carbocycles. The number of carboxylic acids is 1. The molecule has 0 radical (unpaired) electrons. The summed E-state index contributed by atoms with van der Waals surface area (Å²) in [5, 5.41) is 11.7. The van der Waals surface area contributed by atoms with E-state index in [1.54, 1.807) is 0 Å². The number of hydrogen-bond donors (Lipinski definition) is 3. The van der Waals surface area contributed by atoms with Gasteiger partial charge in [0.05, 0.1) is 0 Å². The fourth-order valence-corrected chi connectivity index (χ4v) is 2.23. The number of rotatable bonds is 6. The number of carboxylic acid groups (broad SMARTS) is 1. The zero-order valence-electron chi connectivity index (χ0n) is 9.83. The van der Waals surface area contributed by atoms with Gasteiger partial charge in [0.1, 0.15) is 10.4 Å². The first-order chi connectivity index (χ1) is 8.59. The van der Waals surface area contributed by atoms with E-state index < -0.39 is 12.0 Å². The molecule has 0 saturated heterocycles. The van der Waals surface area contributed by atoms with Crippen LogP contribution in [0.2, 0.25) is 0 Å².